The molecule has 0 aromatic heterocycles. The summed E-state index contributed by atoms with van der Waals surface area (Å²) in [7, 11) is -4.17. The second-order valence-corrected chi connectivity index (χ2v) is 5.64. The van der Waals surface area contributed by atoms with Gasteiger partial charge in [-0.15, -0.1) is 0 Å². The highest BCUT2D eigenvalue weighted by Gasteiger charge is 2.09. The highest BCUT2D eigenvalue weighted by molar-refractivity contribution is 7.94. The van der Waals surface area contributed by atoms with Crippen molar-refractivity contribution in [2.45, 2.75) is 11.4 Å². The molecule has 0 aliphatic rings. The van der Waals surface area contributed by atoms with Crippen LogP contribution in [0.1, 0.15) is 5.56 Å². The molecule has 0 atom stereocenters. The van der Waals surface area contributed by atoms with Crippen LogP contribution in [0, 0.1) is 11.6 Å². The maximum atomic E-state index is 13.4. The first-order valence-corrected chi connectivity index (χ1v) is 7.18. The van der Waals surface area contributed by atoms with E-state index in [1.165, 1.54) is 18.2 Å². The van der Waals surface area contributed by atoms with E-state index in [4.69, 9.17) is 0 Å². The summed E-state index contributed by atoms with van der Waals surface area (Å²) < 4.78 is 54.2. The number of nitrogens with zero attached hydrogens (tertiary/aromatic N) is 1. The zero-order valence-electron chi connectivity index (χ0n) is 10.4. The molecule has 0 radical (unpaired) electrons. The average molecular weight is 298 g/mol. The van der Waals surface area contributed by atoms with Crippen LogP contribution in [0.2, 0.25) is 0 Å². The summed E-state index contributed by atoms with van der Waals surface area (Å²) in [5.74, 6) is -2.05. The summed E-state index contributed by atoms with van der Waals surface area (Å²) in [6.07, 6.45) is 0. The molecule has 0 spiro atoms. The second-order valence-electron chi connectivity index (χ2n) is 4.03. The molecule has 0 amide bonds. The van der Waals surface area contributed by atoms with Gasteiger partial charge in [0, 0.05) is 5.56 Å². The van der Waals surface area contributed by atoms with E-state index in [0.717, 1.165) is 18.2 Å². The van der Waals surface area contributed by atoms with Gasteiger partial charge in [-0.25, -0.2) is 17.2 Å². The van der Waals surface area contributed by atoms with Crippen molar-refractivity contribution >= 4 is 15.7 Å². The molecule has 7 heteroatoms. The van der Waals surface area contributed by atoms with Crippen LogP contribution in [0.4, 0.5) is 14.5 Å². The molecule has 2 rings (SSSR count). The highest BCUT2D eigenvalue weighted by atomic mass is 32.2. The number of quaternary nitrogens is 1. The van der Waals surface area contributed by atoms with Crippen molar-refractivity contribution in [1.82, 2.24) is 0 Å². The van der Waals surface area contributed by atoms with Crippen molar-refractivity contribution in [3.63, 3.8) is 0 Å². The van der Waals surface area contributed by atoms with Gasteiger partial charge in [-0.3, -0.25) is 0 Å². The molecule has 0 aliphatic carbocycles. The monoisotopic (exact) mass is 298 g/mol. The third-order valence-corrected chi connectivity index (χ3v) is 3.91. The van der Waals surface area contributed by atoms with Gasteiger partial charge in [-0.2, -0.15) is 0 Å². The van der Waals surface area contributed by atoms with E-state index in [1.54, 1.807) is 6.07 Å². The molecular formula is C13H12F2N2O2S. The number of halogens is 2. The summed E-state index contributed by atoms with van der Waals surface area (Å²) in [5, 5.41) is 0. The molecule has 0 bridgehead atoms. The summed E-state index contributed by atoms with van der Waals surface area (Å²) >= 11 is 0. The van der Waals surface area contributed by atoms with E-state index in [9.17, 15) is 17.2 Å². The van der Waals surface area contributed by atoms with Gasteiger partial charge < -0.3 is 10.5 Å². The van der Waals surface area contributed by atoms with Crippen molar-refractivity contribution < 1.29 is 22.9 Å². The Morgan fingerprint density at radius 3 is 2.25 bits per heavy atom. The molecule has 0 saturated carbocycles. The van der Waals surface area contributed by atoms with Gasteiger partial charge in [0.15, 0.2) is 0 Å². The van der Waals surface area contributed by atoms with Crippen molar-refractivity contribution in [2.24, 2.45) is 0 Å². The van der Waals surface area contributed by atoms with Gasteiger partial charge in [-0.05, 0) is 24.3 Å². The van der Waals surface area contributed by atoms with Crippen LogP contribution < -0.4 is 5.73 Å². The molecule has 0 unspecified atom stereocenters. The second kappa shape index (κ2) is 5.56. The highest BCUT2D eigenvalue weighted by Crippen LogP contribution is 2.32. The molecule has 2 aromatic carbocycles. The van der Waals surface area contributed by atoms with E-state index >= 15 is 0 Å². The summed E-state index contributed by atoms with van der Waals surface area (Å²) in [4.78, 5) is -0.124. The number of hydrogen-bond acceptors (Lipinski definition) is 2. The normalized spacial score (nSPS) is 11.3. The van der Waals surface area contributed by atoms with E-state index in [0.29, 0.717) is 12.1 Å². The maximum absolute atomic E-state index is 13.4. The number of rotatable bonds is 4. The predicted octanol–water partition coefficient (Wildman–Crippen LogP) is 2.10. The molecule has 3 N–H and O–H groups in total. The zero-order chi connectivity index (χ0) is 14.8. The van der Waals surface area contributed by atoms with Crippen molar-refractivity contribution in [2.75, 3.05) is 0 Å². The van der Waals surface area contributed by atoms with E-state index < -0.39 is 27.3 Å². The predicted molar refractivity (Wildman–Crippen MR) is 69.6 cm³/mol. The van der Waals surface area contributed by atoms with Gasteiger partial charge >= 0.3 is 0 Å². The lowest BCUT2D eigenvalue weighted by Crippen LogP contribution is -2.47. The number of sulfonamides is 1. The van der Waals surface area contributed by atoms with Gasteiger partial charge in [-0.1, -0.05) is 23.9 Å². The van der Waals surface area contributed by atoms with Gasteiger partial charge in [0.2, 0.25) is 0 Å². The van der Waals surface area contributed by atoms with Crippen LogP contribution in [0.3, 0.4) is 0 Å². The fraction of sp³-hybridized carbons (Fsp3) is 0.0769. The fourth-order valence-electron chi connectivity index (χ4n) is 1.61. The Morgan fingerprint density at radius 2 is 1.65 bits per heavy atom. The number of benzene rings is 2. The van der Waals surface area contributed by atoms with Gasteiger partial charge in [0.1, 0.15) is 21.7 Å². The topological polar surface area (TPSA) is 75.9 Å². The molecule has 0 saturated heterocycles. The SMILES string of the molecule is [NH3+]Cc1cccc(S(=O)(=O)[N-]c2c(F)cccc2F)c1. The van der Waals surface area contributed by atoms with E-state index in [2.05, 4.69) is 10.5 Å². The minimum absolute atomic E-state index is 0.124. The van der Waals surface area contributed by atoms with Crippen LogP contribution in [0.15, 0.2) is 47.4 Å². The van der Waals surface area contributed by atoms with Gasteiger partial charge in [0.05, 0.1) is 11.4 Å². The lowest BCUT2D eigenvalue weighted by Gasteiger charge is -2.23. The molecule has 0 heterocycles. The van der Waals surface area contributed by atoms with Crippen LogP contribution in [0.25, 0.3) is 4.72 Å². The van der Waals surface area contributed by atoms with E-state index in [1.807, 2.05) is 0 Å². The van der Waals surface area contributed by atoms with Crippen LogP contribution in [0.5, 0.6) is 0 Å². The summed E-state index contributed by atoms with van der Waals surface area (Å²) in [6.45, 7) is 0.400. The number of hydrogen-bond donors (Lipinski definition) is 1. The maximum Gasteiger partial charge on any atom is 0.123 e. The Labute approximate surface area is 115 Å². The molecule has 20 heavy (non-hydrogen) atoms. The lowest BCUT2D eigenvalue weighted by atomic mass is 10.2. The minimum atomic E-state index is -4.17. The smallest absolute Gasteiger partial charge is 0.123 e. The van der Waals surface area contributed by atoms with Crippen molar-refractivity contribution in [3.8, 4) is 0 Å². The average Bonchev–Trinajstić information content (AvgIpc) is 2.43. The molecular weight excluding hydrogens is 286 g/mol. The Hall–Kier alpha value is -1.99. The first-order valence-electron chi connectivity index (χ1n) is 5.74. The van der Waals surface area contributed by atoms with Crippen molar-refractivity contribution in [3.05, 3.63) is 64.4 Å². The van der Waals surface area contributed by atoms with Crippen LogP contribution >= 0.6 is 0 Å². The Balaban J connectivity index is 2.41. The minimum Gasteiger partial charge on any atom is -0.568 e. The standard InChI is InChI=1S/C13H11F2N2O2S/c14-11-5-2-6-12(15)13(11)17-20(18,19)10-4-1-3-9(7-10)8-16/h1-7H,8,16H2/q-1/p+1. The molecule has 0 aliphatic heterocycles. The third-order valence-electron chi connectivity index (χ3n) is 2.63. The molecule has 4 nitrogen and oxygen atoms in total. The first-order chi connectivity index (χ1) is 9.44. The fourth-order valence-corrected chi connectivity index (χ4v) is 2.68. The lowest BCUT2D eigenvalue weighted by molar-refractivity contribution is -0.386. The first kappa shape index (κ1) is 14.4. The molecule has 0 fully saturated rings. The Morgan fingerprint density at radius 1 is 1.05 bits per heavy atom. The summed E-state index contributed by atoms with van der Waals surface area (Å²) in [6, 6.07) is 8.96. The Kier molecular flexibility index (Phi) is 4.01. The Bertz CT molecular complexity index is 713. The van der Waals surface area contributed by atoms with Crippen molar-refractivity contribution in [1.29, 1.82) is 0 Å². The van der Waals surface area contributed by atoms with E-state index in [-0.39, 0.29) is 4.90 Å². The third kappa shape index (κ3) is 2.94. The molecule has 106 valence electrons. The van der Waals surface area contributed by atoms with Gasteiger partial charge in [0.25, 0.3) is 0 Å². The van der Waals surface area contributed by atoms with Crippen LogP contribution in [-0.4, -0.2) is 8.42 Å². The summed E-state index contributed by atoms with van der Waals surface area (Å²) in [5.41, 5.74) is 3.52. The zero-order valence-corrected chi connectivity index (χ0v) is 11.2. The van der Waals surface area contributed by atoms with Crippen LogP contribution in [-0.2, 0) is 16.6 Å². The quantitative estimate of drug-likeness (QED) is 0.938. The largest absolute Gasteiger partial charge is 0.568 e. The molecule has 2 aromatic rings.